The Morgan fingerprint density at radius 1 is 1.29 bits per heavy atom. The standard InChI is InChI=1S/C21H26N4O6/c1-4-21(19(28)29)15(11-16-22-8-9-23-16)24-12(2)20(3,18(26)27)17(21)13-6-5-7-14(10-13)25(30)31/h5-10,12,15,17,24H,4,11H2,1-3H3,(H,22,23)(H,26,27)(H,28,29). The Hall–Kier alpha value is -3.27. The van der Waals surface area contributed by atoms with Gasteiger partial charge >= 0.3 is 11.9 Å². The van der Waals surface area contributed by atoms with Gasteiger partial charge in [0, 0.05) is 48.9 Å². The number of nitrogens with one attached hydrogen (secondary N) is 2. The number of aromatic amines is 1. The molecular formula is C21H26N4O6. The molecule has 1 fully saturated rings. The molecule has 0 aliphatic carbocycles. The van der Waals surface area contributed by atoms with Crippen LogP contribution in [0, 0.1) is 20.9 Å². The van der Waals surface area contributed by atoms with Crippen LogP contribution in [0.3, 0.4) is 0 Å². The fourth-order valence-electron chi connectivity index (χ4n) is 5.10. The first-order valence-electron chi connectivity index (χ1n) is 10.0. The maximum absolute atomic E-state index is 12.9. The first-order chi connectivity index (χ1) is 14.6. The summed E-state index contributed by atoms with van der Waals surface area (Å²) in [5.74, 6) is -2.79. The smallest absolute Gasteiger partial charge is 0.311 e. The lowest BCUT2D eigenvalue weighted by Crippen LogP contribution is -2.70. The number of imidazole rings is 1. The zero-order valence-electron chi connectivity index (χ0n) is 17.5. The number of benzene rings is 1. The van der Waals surface area contributed by atoms with E-state index in [1.165, 1.54) is 25.1 Å². The average molecular weight is 430 g/mol. The molecule has 0 bridgehead atoms. The number of aliphatic carboxylic acids is 2. The van der Waals surface area contributed by atoms with E-state index in [-0.39, 0.29) is 18.5 Å². The molecule has 2 aromatic rings. The summed E-state index contributed by atoms with van der Waals surface area (Å²) in [6, 6.07) is 4.36. The zero-order valence-corrected chi connectivity index (χ0v) is 17.5. The maximum Gasteiger partial charge on any atom is 0.311 e. The van der Waals surface area contributed by atoms with E-state index in [0.717, 1.165) is 0 Å². The molecule has 1 aromatic carbocycles. The Morgan fingerprint density at radius 2 is 2.00 bits per heavy atom. The molecule has 4 N–H and O–H groups in total. The molecule has 0 spiro atoms. The number of non-ortho nitro benzene ring substituents is 1. The third-order valence-corrected chi connectivity index (χ3v) is 6.90. The van der Waals surface area contributed by atoms with Crippen LogP contribution in [0.2, 0.25) is 0 Å². The molecule has 3 rings (SSSR count). The summed E-state index contributed by atoms with van der Waals surface area (Å²) in [5, 5.41) is 35.4. The van der Waals surface area contributed by atoms with Crippen molar-refractivity contribution in [2.75, 3.05) is 0 Å². The number of nitro groups is 1. The fraction of sp³-hybridized carbons (Fsp3) is 0.476. The summed E-state index contributed by atoms with van der Waals surface area (Å²) in [4.78, 5) is 43.4. The topological polar surface area (TPSA) is 158 Å². The van der Waals surface area contributed by atoms with Gasteiger partial charge in [-0.2, -0.15) is 0 Å². The third-order valence-electron chi connectivity index (χ3n) is 6.90. The van der Waals surface area contributed by atoms with E-state index >= 15 is 0 Å². The van der Waals surface area contributed by atoms with Gasteiger partial charge in [-0.1, -0.05) is 19.1 Å². The predicted octanol–water partition coefficient (Wildman–Crippen LogP) is 2.58. The molecule has 0 radical (unpaired) electrons. The van der Waals surface area contributed by atoms with Crippen molar-refractivity contribution >= 4 is 17.6 Å². The highest BCUT2D eigenvalue weighted by atomic mass is 16.6. The Morgan fingerprint density at radius 3 is 2.52 bits per heavy atom. The van der Waals surface area contributed by atoms with Crippen LogP contribution in [0.4, 0.5) is 5.69 Å². The van der Waals surface area contributed by atoms with Crippen LogP contribution < -0.4 is 5.32 Å². The van der Waals surface area contributed by atoms with Gasteiger partial charge in [-0.25, -0.2) is 4.98 Å². The second kappa shape index (κ2) is 8.10. The van der Waals surface area contributed by atoms with Crippen LogP contribution >= 0.6 is 0 Å². The molecule has 5 atom stereocenters. The average Bonchev–Trinajstić information content (AvgIpc) is 3.23. The Balaban J connectivity index is 2.29. The van der Waals surface area contributed by atoms with Crippen molar-refractivity contribution in [1.29, 1.82) is 0 Å². The number of nitrogens with zero attached hydrogens (tertiary/aromatic N) is 2. The molecule has 166 valence electrons. The van der Waals surface area contributed by atoms with Gasteiger partial charge in [0.15, 0.2) is 0 Å². The van der Waals surface area contributed by atoms with Crippen LogP contribution in [0.25, 0.3) is 0 Å². The highest BCUT2D eigenvalue weighted by Crippen LogP contribution is 2.57. The van der Waals surface area contributed by atoms with Crippen LogP contribution in [0.5, 0.6) is 0 Å². The van der Waals surface area contributed by atoms with Crippen molar-refractivity contribution < 1.29 is 24.7 Å². The number of carboxylic acids is 2. The van der Waals surface area contributed by atoms with E-state index in [0.29, 0.717) is 11.4 Å². The normalized spacial score (nSPS) is 30.6. The summed E-state index contributed by atoms with van der Waals surface area (Å²) >= 11 is 0. The molecule has 10 heteroatoms. The largest absolute Gasteiger partial charge is 0.481 e. The lowest BCUT2D eigenvalue weighted by atomic mass is 9.51. The minimum absolute atomic E-state index is 0.115. The molecule has 0 amide bonds. The highest BCUT2D eigenvalue weighted by Gasteiger charge is 2.65. The number of carboxylic acid groups (broad SMARTS) is 2. The first-order valence-corrected chi connectivity index (χ1v) is 10.0. The van der Waals surface area contributed by atoms with Crippen molar-refractivity contribution in [2.24, 2.45) is 10.8 Å². The minimum atomic E-state index is -1.55. The van der Waals surface area contributed by atoms with Gasteiger partial charge in [0.25, 0.3) is 5.69 Å². The molecule has 31 heavy (non-hydrogen) atoms. The Labute approximate surface area is 178 Å². The zero-order chi connectivity index (χ0) is 23.0. The number of hydrogen-bond acceptors (Lipinski definition) is 6. The molecule has 1 saturated heterocycles. The third kappa shape index (κ3) is 3.46. The van der Waals surface area contributed by atoms with Crippen molar-refractivity contribution in [1.82, 2.24) is 15.3 Å². The van der Waals surface area contributed by atoms with E-state index in [1.807, 2.05) is 0 Å². The van der Waals surface area contributed by atoms with Gasteiger partial charge < -0.3 is 20.5 Å². The molecular weight excluding hydrogens is 404 g/mol. The van der Waals surface area contributed by atoms with E-state index in [2.05, 4.69) is 15.3 Å². The molecule has 10 nitrogen and oxygen atoms in total. The number of aromatic nitrogens is 2. The lowest BCUT2D eigenvalue weighted by molar-refractivity contribution is -0.385. The van der Waals surface area contributed by atoms with Gasteiger partial charge in [-0.05, 0) is 25.8 Å². The van der Waals surface area contributed by atoms with E-state index in [9.17, 15) is 29.9 Å². The van der Waals surface area contributed by atoms with Crippen molar-refractivity contribution in [3.63, 3.8) is 0 Å². The van der Waals surface area contributed by atoms with Gasteiger partial charge in [-0.15, -0.1) is 0 Å². The number of rotatable bonds is 7. The van der Waals surface area contributed by atoms with Crippen LogP contribution in [0.1, 0.15) is 44.5 Å². The van der Waals surface area contributed by atoms with Gasteiger partial charge in [0.2, 0.25) is 0 Å². The van der Waals surface area contributed by atoms with Crippen LogP contribution in [0.15, 0.2) is 36.7 Å². The first kappa shape index (κ1) is 22.4. The molecule has 1 aliphatic heterocycles. The van der Waals surface area contributed by atoms with E-state index < -0.39 is 45.7 Å². The van der Waals surface area contributed by atoms with Crippen LogP contribution in [-0.4, -0.2) is 49.1 Å². The number of carbonyl (C=O) groups is 2. The molecule has 0 saturated carbocycles. The summed E-state index contributed by atoms with van der Waals surface area (Å²) in [6.45, 7) is 4.91. The maximum atomic E-state index is 12.9. The number of piperidine rings is 1. The highest BCUT2D eigenvalue weighted by molar-refractivity contribution is 5.84. The van der Waals surface area contributed by atoms with Crippen molar-refractivity contribution in [3.05, 3.63) is 58.2 Å². The quantitative estimate of drug-likeness (QED) is 0.385. The van der Waals surface area contributed by atoms with Crippen molar-refractivity contribution in [3.8, 4) is 0 Å². The fourth-order valence-corrected chi connectivity index (χ4v) is 5.10. The molecule has 1 aromatic heterocycles. The SMILES string of the molecule is CCC1(C(=O)O)C(Cc2ncc[nH]2)NC(C)C(C)(C(=O)O)C1c1cccc([N+](=O)[O-])c1. The lowest BCUT2D eigenvalue weighted by Gasteiger charge is -2.56. The predicted molar refractivity (Wildman–Crippen MR) is 111 cm³/mol. The van der Waals surface area contributed by atoms with Crippen molar-refractivity contribution in [2.45, 2.75) is 51.6 Å². The second-order valence-corrected chi connectivity index (χ2v) is 8.25. The number of nitro benzene ring substituents is 1. The van der Waals surface area contributed by atoms with E-state index in [4.69, 9.17) is 0 Å². The summed E-state index contributed by atoms with van der Waals surface area (Å²) in [7, 11) is 0. The minimum Gasteiger partial charge on any atom is -0.481 e. The van der Waals surface area contributed by atoms with E-state index in [1.54, 1.807) is 32.3 Å². The van der Waals surface area contributed by atoms with Gasteiger partial charge in [-0.3, -0.25) is 19.7 Å². The Kier molecular flexibility index (Phi) is 5.86. The van der Waals surface area contributed by atoms with Gasteiger partial charge in [0.05, 0.1) is 15.8 Å². The summed E-state index contributed by atoms with van der Waals surface area (Å²) < 4.78 is 0. The number of H-pyrrole nitrogens is 1. The molecule has 1 aliphatic rings. The summed E-state index contributed by atoms with van der Waals surface area (Å²) in [6.07, 6.45) is 3.55. The number of hydrogen-bond donors (Lipinski definition) is 4. The monoisotopic (exact) mass is 430 g/mol. The summed E-state index contributed by atoms with van der Waals surface area (Å²) in [5.41, 5.74) is -2.99. The van der Waals surface area contributed by atoms with Crippen LogP contribution in [-0.2, 0) is 16.0 Å². The molecule has 5 unspecified atom stereocenters. The van der Waals surface area contributed by atoms with Gasteiger partial charge in [0.1, 0.15) is 5.82 Å². The second-order valence-electron chi connectivity index (χ2n) is 8.25. The molecule has 2 heterocycles. The Bertz CT molecular complexity index is 994.